The van der Waals surface area contributed by atoms with E-state index in [1.165, 1.54) is 0 Å². The first kappa shape index (κ1) is 8.87. The molecule has 0 aromatic rings. The second-order valence-electron chi connectivity index (χ2n) is 2.58. The molecule has 1 aliphatic heterocycles. The van der Waals surface area contributed by atoms with Crippen molar-refractivity contribution in [1.82, 2.24) is 0 Å². The number of carboxylic acids is 1. The molecule has 1 heterocycles. The van der Waals surface area contributed by atoms with Crippen LogP contribution in [-0.4, -0.2) is 34.8 Å². The molecular weight excluding hydrogens is 164 g/mol. The van der Waals surface area contributed by atoms with Gasteiger partial charge in [0.05, 0.1) is 19.1 Å². The molecule has 3 nitrogen and oxygen atoms in total. The molecule has 0 radical (unpaired) electrons. The third kappa shape index (κ3) is 2.71. The monoisotopic (exact) mass is 176 g/mol. The van der Waals surface area contributed by atoms with Crippen molar-refractivity contribution in [3.63, 3.8) is 0 Å². The summed E-state index contributed by atoms with van der Waals surface area (Å²) in [6.07, 6.45) is 0.302. The summed E-state index contributed by atoms with van der Waals surface area (Å²) < 4.78 is 5.31. The van der Waals surface area contributed by atoms with Gasteiger partial charge in [-0.1, -0.05) is 0 Å². The summed E-state index contributed by atoms with van der Waals surface area (Å²) in [5.41, 5.74) is 0. The Morgan fingerprint density at radius 1 is 1.82 bits per heavy atom. The Bertz CT molecular complexity index is 149. The maximum Gasteiger partial charge on any atom is 0.304 e. The van der Waals surface area contributed by atoms with Crippen LogP contribution in [0.3, 0.4) is 0 Å². The van der Waals surface area contributed by atoms with E-state index >= 15 is 0 Å². The Hall–Kier alpha value is -0.220. The van der Waals surface area contributed by atoms with Crippen LogP contribution < -0.4 is 0 Å². The number of carbonyl (C=O) groups is 1. The van der Waals surface area contributed by atoms with Crippen LogP contribution in [0.1, 0.15) is 13.3 Å². The molecule has 0 aromatic carbocycles. The molecule has 1 aliphatic rings. The molecule has 11 heavy (non-hydrogen) atoms. The minimum absolute atomic E-state index is 0.0878. The molecular formula is C7H12O3S. The normalized spacial score (nSPS) is 31.7. The third-order valence-electron chi connectivity index (χ3n) is 1.70. The Balaban J connectivity index is 2.35. The standard InChI is InChI=1S/C7H12O3S/c1-5-6(4-7(8)9)11-3-2-10-5/h5-6H,2-4H2,1H3,(H,8,9). The van der Waals surface area contributed by atoms with Gasteiger partial charge in [-0.2, -0.15) is 11.8 Å². The number of hydrogen-bond acceptors (Lipinski definition) is 3. The number of carboxylic acid groups (broad SMARTS) is 1. The largest absolute Gasteiger partial charge is 0.481 e. The molecule has 0 aliphatic carbocycles. The molecule has 4 heteroatoms. The highest BCUT2D eigenvalue weighted by atomic mass is 32.2. The van der Waals surface area contributed by atoms with Crippen LogP contribution in [0.5, 0.6) is 0 Å². The van der Waals surface area contributed by atoms with Gasteiger partial charge in [0.1, 0.15) is 0 Å². The Morgan fingerprint density at radius 2 is 2.55 bits per heavy atom. The van der Waals surface area contributed by atoms with Gasteiger partial charge in [0.15, 0.2) is 0 Å². The maximum absolute atomic E-state index is 10.3. The van der Waals surface area contributed by atoms with Gasteiger partial charge >= 0.3 is 5.97 Å². The van der Waals surface area contributed by atoms with Crippen molar-refractivity contribution in [3.8, 4) is 0 Å². The van der Waals surface area contributed by atoms with E-state index in [-0.39, 0.29) is 17.8 Å². The summed E-state index contributed by atoms with van der Waals surface area (Å²) in [5.74, 6) is 0.183. The molecule has 2 atom stereocenters. The minimum atomic E-state index is -0.736. The number of aliphatic carboxylic acids is 1. The molecule has 1 saturated heterocycles. The molecule has 0 spiro atoms. The zero-order valence-corrected chi connectivity index (χ0v) is 7.26. The summed E-state index contributed by atoms with van der Waals surface area (Å²) in [6.45, 7) is 2.68. The minimum Gasteiger partial charge on any atom is -0.481 e. The van der Waals surface area contributed by atoms with Crippen molar-refractivity contribution in [2.75, 3.05) is 12.4 Å². The molecule has 1 rings (SSSR count). The Morgan fingerprint density at radius 3 is 3.09 bits per heavy atom. The van der Waals surface area contributed by atoms with Crippen molar-refractivity contribution in [2.24, 2.45) is 0 Å². The topological polar surface area (TPSA) is 46.5 Å². The summed E-state index contributed by atoms with van der Waals surface area (Å²) in [6, 6.07) is 0. The average Bonchev–Trinajstić information content (AvgIpc) is 1.93. The fourth-order valence-corrected chi connectivity index (χ4v) is 2.18. The van der Waals surface area contributed by atoms with Crippen molar-refractivity contribution >= 4 is 17.7 Å². The van der Waals surface area contributed by atoms with E-state index in [0.717, 1.165) is 12.4 Å². The van der Waals surface area contributed by atoms with Gasteiger partial charge < -0.3 is 9.84 Å². The number of ether oxygens (including phenoxy) is 1. The zero-order valence-electron chi connectivity index (χ0n) is 6.45. The van der Waals surface area contributed by atoms with Gasteiger partial charge in [0.25, 0.3) is 0 Å². The van der Waals surface area contributed by atoms with Crippen LogP contribution >= 0.6 is 11.8 Å². The molecule has 64 valence electrons. The number of hydrogen-bond donors (Lipinski definition) is 1. The average molecular weight is 176 g/mol. The first-order valence-electron chi connectivity index (χ1n) is 3.65. The molecule has 2 unspecified atom stereocenters. The summed E-state index contributed by atoms with van der Waals surface area (Å²) in [5, 5.41) is 8.65. The summed E-state index contributed by atoms with van der Waals surface area (Å²) in [7, 11) is 0. The zero-order chi connectivity index (χ0) is 8.27. The first-order valence-corrected chi connectivity index (χ1v) is 4.70. The van der Waals surface area contributed by atoms with Crippen LogP contribution in [0.15, 0.2) is 0 Å². The maximum atomic E-state index is 10.3. The van der Waals surface area contributed by atoms with Gasteiger partial charge in [0, 0.05) is 11.0 Å². The van der Waals surface area contributed by atoms with Crippen molar-refractivity contribution in [3.05, 3.63) is 0 Å². The summed E-state index contributed by atoms with van der Waals surface area (Å²) in [4.78, 5) is 10.3. The predicted molar refractivity (Wildman–Crippen MR) is 43.9 cm³/mol. The molecule has 0 bridgehead atoms. The number of rotatable bonds is 2. The lowest BCUT2D eigenvalue weighted by atomic mass is 10.2. The van der Waals surface area contributed by atoms with Gasteiger partial charge in [-0.25, -0.2) is 0 Å². The fourth-order valence-electron chi connectivity index (χ4n) is 1.07. The van der Waals surface area contributed by atoms with Crippen molar-refractivity contribution in [1.29, 1.82) is 0 Å². The third-order valence-corrected chi connectivity index (χ3v) is 3.08. The van der Waals surface area contributed by atoms with Crippen LogP contribution in [0.2, 0.25) is 0 Å². The molecule has 1 N–H and O–H groups in total. The molecule has 0 saturated carbocycles. The van der Waals surface area contributed by atoms with E-state index in [1.807, 2.05) is 6.92 Å². The fraction of sp³-hybridized carbons (Fsp3) is 0.857. The predicted octanol–water partition coefficient (Wildman–Crippen LogP) is 0.982. The van der Waals surface area contributed by atoms with E-state index in [4.69, 9.17) is 9.84 Å². The second kappa shape index (κ2) is 3.97. The Labute approximate surface area is 70.1 Å². The van der Waals surface area contributed by atoms with Gasteiger partial charge in [0.2, 0.25) is 0 Å². The van der Waals surface area contributed by atoms with E-state index in [0.29, 0.717) is 0 Å². The van der Waals surface area contributed by atoms with Crippen LogP contribution in [0.4, 0.5) is 0 Å². The highest BCUT2D eigenvalue weighted by molar-refractivity contribution is 8.00. The molecule has 0 amide bonds. The SMILES string of the molecule is CC1OCCSC1CC(=O)O. The number of thioether (sulfide) groups is 1. The van der Waals surface area contributed by atoms with Crippen molar-refractivity contribution in [2.45, 2.75) is 24.7 Å². The van der Waals surface area contributed by atoms with E-state index < -0.39 is 5.97 Å². The lowest BCUT2D eigenvalue weighted by Gasteiger charge is -2.27. The highest BCUT2D eigenvalue weighted by Gasteiger charge is 2.24. The van der Waals surface area contributed by atoms with Crippen LogP contribution in [-0.2, 0) is 9.53 Å². The van der Waals surface area contributed by atoms with Crippen LogP contribution in [0, 0.1) is 0 Å². The molecule has 0 aromatic heterocycles. The lowest BCUT2D eigenvalue weighted by molar-refractivity contribution is -0.137. The van der Waals surface area contributed by atoms with E-state index in [1.54, 1.807) is 11.8 Å². The highest BCUT2D eigenvalue weighted by Crippen LogP contribution is 2.24. The Kier molecular flexibility index (Phi) is 3.20. The van der Waals surface area contributed by atoms with E-state index in [9.17, 15) is 4.79 Å². The quantitative estimate of drug-likeness (QED) is 0.681. The molecule has 1 fully saturated rings. The van der Waals surface area contributed by atoms with Crippen molar-refractivity contribution < 1.29 is 14.6 Å². The van der Waals surface area contributed by atoms with Gasteiger partial charge in [-0.15, -0.1) is 0 Å². The summed E-state index contributed by atoms with van der Waals surface area (Å²) >= 11 is 1.69. The van der Waals surface area contributed by atoms with Gasteiger partial charge in [-0.05, 0) is 6.92 Å². The lowest BCUT2D eigenvalue weighted by Crippen LogP contribution is -2.31. The smallest absolute Gasteiger partial charge is 0.304 e. The first-order chi connectivity index (χ1) is 5.20. The second-order valence-corrected chi connectivity index (χ2v) is 3.93. The van der Waals surface area contributed by atoms with E-state index in [2.05, 4.69) is 0 Å². The van der Waals surface area contributed by atoms with Gasteiger partial charge in [-0.3, -0.25) is 4.79 Å². The van der Waals surface area contributed by atoms with Crippen LogP contribution in [0.25, 0.3) is 0 Å².